The Labute approximate surface area is 195 Å². The normalized spacial score (nSPS) is 11.9. The molecule has 0 radical (unpaired) electrons. The number of rotatable bonds is 5. The molecule has 0 saturated heterocycles. The molecule has 0 fully saturated rings. The molecule has 1 heterocycles. The van der Waals surface area contributed by atoms with Gasteiger partial charge in [-0.3, -0.25) is 4.98 Å². The Bertz CT molecular complexity index is 1010. The molecule has 2 aromatic carbocycles. The number of hydrogen-bond acceptors (Lipinski definition) is 1. The number of halogens is 4. The summed E-state index contributed by atoms with van der Waals surface area (Å²) in [6.45, 7) is 4.13. The average molecular weight is 615 g/mol. The fraction of sp³-hybridized carbons (Fsp3) is 0.174. The van der Waals surface area contributed by atoms with E-state index in [1.807, 2.05) is 37.3 Å². The average Bonchev–Trinajstić information content (AvgIpc) is 2.68. The van der Waals surface area contributed by atoms with Gasteiger partial charge in [0.1, 0.15) is 5.82 Å². The first kappa shape index (κ1) is 21.7. The van der Waals surface area contributed by atoms with Gasteiger partial charge < -0.3 is 0 Å². The molecular weight excluding hydrogens is 596 g/mol. The first-order valence-corrected chi connectivity index (χ1v) is 12.0. The monoisotopic (exact) mass is 613 g/mol. The third-order valence-electron chi connectivity index (χ3n) is 4.59. The van der Waals surface area contributed by atoms with Crippen LogP contribution in [-0.2, 0) is 0 Å². The summed E-state index contributed by atoms with van der Waals surface area (Å²) in [6.07, 6.45) is 2.04. The molecule has 28 heavy (non-hydrogen) atoms. The third kappa shape index (κ3) is 4.92. The minimum Gasteiger partial charge on any atom is -0.252 e. The molecule has 1 unspecified atom stereocenters. The van der Waals surface area contributed by atoms with Gasteiger partial charge in [0.2, 0.25) is 0 Å². The van der Waals surface area contributed by atoms with Crippen LogP contribution in [0.5, 0.6) is 0 Å². The van der Waals surface area contributed by atoms with Crippen molar-refractivity contribution in [3.8, 4) is 22.4 Å². The van der Waals surface area contributed by atoms with Crippen LogP contribution in [0.15, 0.2) is 58.0 Å². The number of aromatic nitrogens is 1. The van der Waals surface area contributed by atoms with Gasteiger partial charge in [0.25, 0.3) is 0 Å². The van der Waals surface area contributed by atoms with Crippen molar-refractivity contribution in [2.24, 2.45) is 0 Å². The highest BCUT2D eigenvalue weighted by Crippen LogP contribution is 2.37. The van der Waals surface area contributed by atoms with Crippen LogP contribution in [0.2, 0.25) is 0 Å². The number of nitrogens with zero attached hydrogens (tertiary/aromatic N) is 1. The molecule has 3 aromatic rings. The number of alkyl halides is 1. The van der Waals surface area contributed by atoms with E-state index in [4.69, 9.17) is 4.98 Å². The molecule has 0 aliphatic carbocycles. The lowest BCUT2D eigenvalue weighted by atomic mass is 9.90. The standard InChI is InChI=1S/C23H19Br2FIN/c1-14-10-17(26)8-9-18(14)19-11-21(16-6-4-3-5-7-16)28-23(15(2)13-27)20(19)12-22(24)25/h3-12,15H,13H2,1-2H3. The van der Waals surface area contributed by atoms with Crippen molar-refractivity contribution < 1.29 is 4.39 Å². The Morgan fingerprint density at radius 1 is 1.11 bits per heavy atom. The van der Waals surface area contributed by atoms with E-state index >= 15 is 0 Å². The first-order chi connectivity index (χ1) is 13.4. The van der Waals surface area contributed by atoms with Crippen LogP contribution in [0.3, 0.4) is 0 Å². The molecule has 0 aliphatic heterocycles. The van der Waals surface area contributed by atoms with E-state index in [-0.39, 0.29) is 11.7 Å². The van der Waals surface area contributed by atoms with Crippen molar-refractivity contribution >= 4 is 60.5 Å². The SMILES string of the molecule is Cc1cc(F)ccc1-c1cc(-c2ccccc2)nc(C(C)CI)c1C=C(Br)Br. The predicted molar refractivity (Wildman–Crippen MR) is 133 cm³/mol. The molecule has 0 aliphatic rings. The Hall–Kier alpha value is -1.05. The van der Waals surface area contributed by atoms with Gasteiger partial charge in [-0.1, -0.05) is 65.9 Å². The molecule has 0 spiro atoms. The minimum absolute atomic E-state index is 0.224. The van der Waals surface area contributed by atoms with Crippen molar-refractivity contribution in [3.05, 3.63) is 80.6 Å². The second-order valence-corrected chi connectivity index (χ2v) is 10.3. The van der Waals surface area contributed by atoms with Crippen molar-refractivity contribution in [2.45, 2.75) is 19.8 Å². The fourth-order valence-electron chi connectivity index (χ4n) is 3.19. The molecule has 5 heteroatoms. The van der Waals surface area contributed by atoms with Crippen LogP contribution in [0, 0.1) is 12.7 Å². The molecule has 0 bridgehead atoms. The third-order valence-corrected chi connectivity index (χ3v) is 6.37. The van der Waals surface area contributed by atoms with Gasteiger partial charge in [0, 0.05) is 21.5 Å². The van der Waals surface area contributed by atoms with Crippen LogP contribution in [0.25, 0.3) is 28.5 Å². The lowest BCUT2D eigenvalue weighted by molar-refractivity contribution is 0.627. The molecule has 0 saturated carbocycles. The Morgan fingerprint density at radius 2 is 1.82 bits per heavy atom. The summed E-state index contributed by atoms with van der Waals surface area (Å²) in [5.41, 5.74) is 7.03. The molecule has 0 N–H and O–H groups in total. The molecule has 1 nitrogen and oxygen atoms in total. The summed E-state index contributed by atoms with van der Waals surface area (Å²) in [4.78, 5) is 5.04. The van der Waals surface area contributed by atoms with E-state index in [0.29, 0.717) is 0 Å². The highest BCUT2D eigenvalue weighted by atomic mass is 127. The number of benzene rings is 2. The second kappa shape index (κ2) is 9.63. The topological polar surface area (TPSA) is 12.9 Å². The Kier molecular flexibility index (Phi) is 7.45. The summed E-state index contributed by atoms with van der Waals surface area (Å²) < 4.78 is 15.5. The highest BCUT2D eigenvalue weighted by Gasteiger charge is 2.19. The quantitative estimate of drug-likeness (QED) is 0.207. The van der Waals surface area contributed by atoms with Gasteiger partial charge >= 0.3 is 0 Å². The molecule has 1 aromatic heterocycles. The first-order valence-electron chi connectivity index (χ1n) is 8.86. The zero-order chi connectivity index (χ0) is 20.3. The van der Waals surface area contributed by atoms with E-state index in [2.05, 4.69) is 79.6 Å². The van der Waals surface area contributed by atoms with Gasteiger partial charge in [0.05, 0.1) is 14.8 Å². The maximum absolute atomic E-state index is 13.7. The van der Waals surface area contributed by atoms with Crippen LogP contribution in [0.1, 0.15) is 29.7 Å². The van der Waals surface area contributed by atoms with Crippen LogP contribution >= 0.6 is 54.5 Å². The Balaban J connectivity index is 2.38. The van der Waals surface area contributed by atoms with E-state index < -0.39 is 0 Å². The summed E-state index contributed by atoms with van der Waals surface area (Å²) in [5, 5.41) is 0. The minimum atomic E-state index is -0.224. The maximum Gasteiger partial charge on any atom is 0.123 e. The van der Waals surface area contributed by atoms with Crippen LogP contribution in [-0.4, -0.2) is 9.41 Å². The van der Waals surface area contributed by atoms with Gasteiger partial charge in [-0.25, -0.2) is 4.39 Å². The zero-order valence-corrected chi connectivity index (χ0v) is 20.8. The van der Waals surface area contributed by atoms with E-state index in [1.54, 1.807) is 6.07 Å². The number of pyridine rings is 1. The molecule has 1 atom stereocenters. The maximum atomic E-state index is 13.7. The summed E-state index contributed by atoms with van der Waals surface area (Å²) in [5.74, 6) is 0.0487. The summed E-state index contributed by atoms with van der Waals surface area (Å²) in [7, 11) is 0. The zero-order valence-electron chi connectivity index (χ0n) is 15.5. The van der Waals surface area contributed by atoms with Gasteiger partial charge in [-0.2, -0.15) is 0 Å². The number of aryl methyl sites for hydroxylation is 1. The molecule has 0 amide bonds. The highest BCUT2D eigenvalue weighted by molar-refractivity contribution is 14.1. The molecule has 144 valence electrons. The molecular formula is C23H19Br2FIN. The van der Waals surface area contributed by atoms with Crippen LogP contribution < -0.4 is 0 Å². The Morgan fingerprint density at radius 3 is 2.43 bits per heavy atom. The second-order valence-electron chi connectivity index (χ2n) is 6.67. The van der Waals surface area contributed by atoms with Gasteiger partial charge in [-0.05, 0) is 79.7 Å². The lowest BCUT2D eigenvalue weighted by Gasteiger charge is -2.19. The van der Waals surface area contributed by atoms with Crippen molar-refractivity contribution in [1.29, 1.82) is 0 Å². The lowest BCUT2D eigenvalue weighted by Crippen LogP contribution is -2.05. The van der Waals surface area contributed by atoms with Crippen LogP contribution in [0.4, 0.5) is 4.39 Å². The van der Waals surface area contributed by atoms with Crippen molar-refractivity contribution in [2.75, 3.05) is 4.43 Å². The van der Waals surface area contributed by atoms with E-state index in [9.17, 15) is 4.39 Å². The molecule has 3 rings (SSSR count). The largest absolute Gasteiger partial charge is 0.252 e. The summed E-state index contributed by atoms with van der Waals surface area (Å²) in [6, 6.07) is 17.2. The van der Waals surface area contributed by atoms with Gasteiger partial charge in [0.15, 0.2) is 0 Å². The van der Waals surface area contributed by atoms with E-state index in [0.717, 1.165) is 47.0 Å². The fourth-order valence-corrected chi connectivity index (χ4v) is 4.07. The van der Waals surface area contributed by atoms with E-state index in [1.165, 1.54) is 6.07 Å². The predicted octanol–water partition coefficient (Wildman–Crippen LogP) is 8.49. The van der Waals surface area contributed by atoms with Crippen molar-refractivity contribution in [3.63, 3.8) is 0 Å². The summed E-state index contributed by atoms with van der Waals surface area (Å²) >= 11 is 9.41. The smallest absolute Gasteiger partial charge is 0.123 e. The van der Waals surface area contributed by atoms with Crippen molar-refractivity contribution in [1.82, 2.24) is 4.98 Å². The van der Waals surface area contributed by atoms with Gasteiger partial charge in [-0.15, -0.1) is 0 Å². The number of hydrogen-bond donors (Lipinski definition) is 0.